The second kappa shape index (κ2) is 6.64. The molecular formula is C16H8F5N5O. The molecule has 0 spiro atoms. The van der Waals surface area contributed by atoms with E-state index in [0.29, 0.717) is 16.8 Å². The van der Waals surface area contributed by atoms with E-state index >= 15 is 0 Å². The molecule has 1 aromatic carbocycles. The Kier molecular flexibility index (Phi) is 4.49. The van der Waals surface area contributed by atoms with Gasteiger partial charge in [-0.25, -0.2) is 18.7 Å². The number of rotatable bonds is 3. The van der Waals surface area contributed by atoms with Crippen molar-refractivity contribution in [2.75, 3.05) is 5.32 Å². The number of nitrogens with zero attached hydrogens (tertiary/aromatic N) is 4. The van der Waals surface area contributed by atoms with Crippen LogP contribution in [0.15, 0.2) is 30.5 Å². The molecule has 0 aliphatic heterocycles. The Morgan fingerprint density at radius 2 is 2.00 bits per heavy atom. The van der Waals surface area contributed by atoms with Crippen molar-refractivity contribution in [3.05, 3.63) is 53.4 Å². The Bertz CT molecular complexity index is 1080. The zero-order chi connectivity index (χ0) is 19.8. The van der Waals surface area contributed by atoms with Crippen LogP contribution < -0.4 is 5.32 Å². The Hall–Kier alpha value is -3.55. The lowest BCUT2D eigenvalue weighted by molar-refractivity contribution is -0.139. The number of alkyl halides is 3. The molecule has 1 N–H and O–H groups in total. The Morgan fingerprint density at radius 1 is 1.26 bits per heavy atom. The first-order valence-corrected chi connectivity index (χ1v) is 7.27. The third kappa shape index (κ3) is 3.84. The van der Waals surface area contributed by atoms with E-state index in [1.54, 1.807) is 6.07 Å². The number of carbonyl (C=O) groups is 1. The van der Waals surface area contributed by atoms with Gasteiger partial charge in [-0.15, -0.1) is 0 Å². The maximum absolute atomic E-state index is 13.7. The standard InChI is InChI=1S/C16H8F5N5O/c17-9-4-10(18)13(23-6-9)14(27)25-15-24-11-2-1-8(5-22)3-12(11)26(15)7-16(19,20)21/h1-4,6H,7H2,(H,24,25,27). The summed E-state index contributed by atoms with van der Waals surface area (Å²) >= 11 is 0. The summed E-state index contributed by atoms with van der Waals surface area (Å²) in [7, 11) is 0. The first-order chi connectivity index (χ1) is 12.7. The molecule has 27 heavy (non-hydrogen) atoms. The summed E-state index contributed by atoms with van der Waals surface area (Å²) in [5.41, 5.74) is -0.676. The van der Waals surface area contributed by atoms with Crippen LogP contribution in [0.2, 0.25) is 0 Å². The first kappa shape index (κ1) is 18.2. The highest BCUT2D eigenvalue weighted by molar-refractivity contribution is 6.02. The topological polar surface area (TPSA) is 83.6 Å². The average molecular weight is 381 g/mol. The quantitative estimate of drug-likeness (QED) is 0.705. The molecule has 0 saturated carbocycles. The molecule has 0 saturated heterocycles. The molecule has 2 heterocycles. The van der Waals surface area contributed by atoms with Gasteiger partial charge in [-0.2, -0.15) is 18.4 Å². The lowest BCUT2D eigenvalue weighted by Gasteiger charge is -2.12. The highest BCUT2D eigenvalue weighted by Gasteiger charge is 2.31. The van der Waals surface area contributed by atoms with E-state index in [2.05, 4.69) is 9.97 Å². The van der Waals surface area contributed by atoms with E-state index in [4.69, 9.17) is 5.26 Å². The van der Waals surface area contributed by atoms with Crippen molar-refractivity contribution in [2.24, 2.45) is 0 Å². The first-order valence-electron chi connectivity index (χ1n) is 7.27. The van der Waals surface area contributed by atoms with Gasteiger partial charge in [0, 0.05) is 6.07 Å². The predicted molar refractivity (Wildman–Crippen MR) is 82.6 cm³/mol. The van der Waals surface area contributed by atoms with Crippen LogP contribution in [0, 0.1) is 23.0 Å². The molecular weight excluding hydrogens is 373 g/mol. The lowest BCUT2D eigenvalue weighted by atomic mass is 10.2. The highest BCUT2D eigenvalue weighted by atomic mass is 19.4. The second-order valence-corrected chi connectivity index (χ2v) is 5.39. The van der Waals surface area contributed by atoms with Gasteiger partial charge < -0.3 is 4.57 Å². The van der Waals surface area contributed by atoms with Gasteiger partial charge in [0.2, 0.25) is 5.95 Å². The number of imidazole rings is 1. The SMILES string of the molecule is N#Cc1ccc2nc(NC(=O)c3ncc(F)cc3F)n(CC(F)(F)F)c2c1. The molecule has 6 nitrogen and oxygen atoms in total. The molecule has 0 aliphatic carbocycles. The van der Waals surface area contributed by atoms with Gasteiger partial charge in [-0.3, -0.25) is 10.1 Å². The highest BCUT2D eigenvalue weighted by Crippen LogP contribution is 2.27. The molecule has 0 fully saturated rings. The van der Waals surface area contributed by atoms with Gasteiger partial charge in [0.1, 0.15) is 12.4 Å². The van der Waals surface area contributed by atoms with Crippen molar-refractivity contribution in [1.29, 1.82) is 5.26 Å². The molecule has 0 aliphatic rings. The molecule has 2 aromatic heterocycles. The largest absolute Gasteiger partial charge is 0.406 e. The number of hydrogen-bond acceptors (Lipinski definition) is 4. The van der Waals surface area contributed by atoms with Gasteiger partial charge in [0.25, 0.3) is 5.91 Å². The van der Waals surface area contributed by atoms with Crippen LogP contribution in [-0.2, 0) is 6.54 Å². The number of nitrogens with one attached hydrogen (secondary N) is 1. The summed E-state index contributed by atoms with van der Waals surface area (Å²) < 4.78 is 66.0. The molecule has 11 heteroatoms. The summed E-state index contributed by atoms with van der Waals surface area (Å²) in [6.07, 6.45) is -4.06. The van der Waals surface area contributed by atoms with Crippen molar-refractivity contribution in [3.8, 4) is 6.07 Å². The van der Waals surface area contributed by atoms with E-state index in [-0.39, 0.29) is 16.6 Å². The van der Waals surface area contributed by atoms with Gasteiger partial charge in [-0.05, 0) is 18.2 Å². The Labute approximate surface area is 147 Å². The molecule has 0 atom stereocenters. The summed E-state index contributed by atoms with van der Waals surface area (Å²) in [5.74, 6) is -4.02. The lowest BCUT2D eigenvalue weighted by Crippen LogP contribution is -2.23. The van der Waals surface area contributed by atoms with E-state index in [9.17, 15) is 26.7 Å². The fourth-order valence-electron chi connectivity index (χ4n) is 2.37. The van der Waals surface area contributed by atoms with Crippen LogP contribution in [0.4, 0.5) is 27.9 Å². The van der Waals surface area contributed by atoms with Crippen molar-refractivity contribution < 1.29 is 26.7 Å². The molecule has 0 bridgehead atoms. The molecule has 0 radical (unpaired) electrons. The van der Waals surface area contributed by atoms with E-state index < -0.39 is 41.9 Å². The summed E-state index contributed by atoms with van der Waals surface area (Å²) in [6, 6.07) is 6.05. The van der Waals surface area contributed by atoms with Gasteiger partial charge >= 0.3 is 6.18 Å². The minimum atomic E-state index is -4.66. The smallest absolute Gasteiger partial charge is 0.301 e. The second-order valence-electron chi connectivity index (χ2n) is 5.39. The number of hydrogen-bond donors (Lipinski definition) is 1. The normalized spacial score (nSPS) is 11.4. The molecule has 1 amide bonds. The van der Waals surface area contributed by atoms with Crippen LogP contribution in [0.1, 0.15) is 16.1 Å². The third-order valence-corrected chi connectivity index (χ3v) is 3.46. The number of aromatic nitrogens is 3. The minimum Gasteiger partial charge on any atom is -0.301 e. The van der Waals surface area contributed by atoms with Crippen molar-refractivity contribution in [3.63, 3.8) is 0 Å². The zero-order valence-electron chi connectivity index (χ0n) is 13.2. The summed E-state index contributed by atoms with van der Waals surface area (Å²) in [5, 5.41) is 11.0. The van der Waals surface area contributed by atoms with E-state index in [1.165, 1.54) is 18.2 Å². The van der Waals surface area contributed by atoms with Crippen LogP contribution in [0.25, 0.3) is 11.0 Å². The van der Waals surface area contributed by atoms with Gasteiger partial charge in [0.15, 0.2) is 11.5 Å². The number of anilines is 1. The van der Waals surface area contributed by atoms with E-state index in [1.807, 2.05) is 5.32 Å². The fourth-order valence-corrected chi connectivity index (χ4v) is 2.37. The number of fused-ring (bicyclic) bond motifs is 1. The van der Waals surface area contributed by atoms with Crippen molar-refractivity contribution in [1.82, 2.24) is 14.5 Å². The summed E-state index contributed by atoms with van der Waals surface area (Å²) in [6.45, 7) is -1.51. The van der Waals surface area contributed by atoms with E-state index in [0.717, 1.165) is 0 Å². The molecule has 3 aromatic rings. The molecule has 138 valence electrons. The number of amides is 1. The van der Waals surface area contributed by atoms with Crippen LogP contribution in [0.3, 0.4) is 0 Å². The Balaban J connectivity index is 2.06. The molecule has 0 unspecified atom stereocenters. The number of pyridine rings is 1. The van der Waals surface area contributed by atoms with Crippen LogP contribution in [-0.4, -0.2) is 26.6 Å². The molecule has 3 rings (SSSR count). The maximum atomic E-state index is 13.7. The predicted octanol–water partition coefficient (Wildman–Crippen LogP) is 3.40. The number of carbonyl (C=O) groups excluding carboxylic acids is 1. The maximum Gasteiger partial charge on any atom is 0.406 e. The van der Waals surface area contributed by atoms with Crippen molar-refractivity contribution in [2.45, 2.75) is 12.7 Å². The number of halogens is 5. The third-order valence-electron chi connectivity index (χ3n) is 3.46. The van der Waals surface area contributed by atoms with Crippen LogP contribution >= 0.6 is 0 Å². The number of nitriles is 1. The van der Waals surface area contributed by atoms with Gasteiger partial charge in [0.05, 0.1) is 28.9 Å². The number of benzene rings is 1. The van der Waals surface area contributed by atoms with Crippen LogP contribution in [0.5, 0.6) is 0 Å². The fraction of sp³-hybridized carbons (Fsp3) is 0.125. The summed E-state index contributed by atoms with van der Waals surface area (Å²) in [4.78, 5) is 19.3. The minimum absolute atomic E-state index is 0.0470. The average Bonchev–Trinajstić information content (AvgIpc) is 2.89. The van der Waals surface area contributed by atoms with Crippen molar-refractivity contribution >= 4 is 22.9 Å². The monoisotopic (exact) mass is 381 g/mol. The zero-order valence-corrected chi connectivity index (χ0v) is 13.2. The van der Waals surface area contributed by atoms with Gasteiger partial charge in [-0.1, -0.05) is 0 Å². The Morgan fingerprint density at radius 3 is 2.63 bits per heavy atom.